The van der Waals surface area contributed by atoms with Crippen molar-refractivity contribution in [1.82, 2.24) is 14.7 Å². The van der Waals surface area contributed by atoms with Gasteiger partial charge in [0.2, 0.25) is 0 Å². The number of nitrogens with zero attached hydrogens (tertiary/aromatic N) is 3. The first-order valence-corrected chi connectivity index (χ1v) is 8.78. The molecule has 3 aromatic rings. The van der Waals surface area contributed by atoms with Gasteiger partial charge in [-0.15, -0.1) is 0 Å². The lowest BCUT2D eigenvalue weighted by atomic mass is 10.2. The van der Waals surface area contributed by atoms with Gasteiger partial charge in [0.1, 0.15) is 12.1 Å². The molecule has 0 spiro atoms. The van der Waals surface area contributed by atoms with Crippen LogP contribution in [0.2, 0.25) is 0 Å². The number of anilines is 4. The molecule has 0 amide bonds. The fraction of sp³-hybridized carbons (Fsp3) is 0.222. The van der Waals surface area contributed by atoms with Gasteiger partial charge in [-0.2, -0.15) is 0 Å². The van der Waals surface area contributed by atoms with Gasteiger partial charge >= 0.3 is 0 Å². The van der Waals surface area contributed by atoms with E-state index >= 15 is 0 Å². The van der Waals surface area contributed by atoms with Crippen LogP contribution in [0.3, 0.4) is 0 Å². The van der Waals surface area contributed by atoms with Crippen molar-refractivity contribution in [2.24, 2.45) is 0 Å². The van der Waals surface area contributed by atoms with Gasteiger partial charge in [-0.1, -0.05) is 0 Å². The zero-order valence-electron chi connectivity index (χ0n) is 14.8. The van der Waals surface area contributed by atoms with Gasteiger partial charge in [0, 0.05) is 37.1 Å². The maximum Gasteiger partial charge on any atom is 0.141 e. The Labute approximate surface area is 152 Å². The molecule has 7 heteroatoms. The van der Waals surface area contributed by atoms with Crippen molar-refractivity contribution in [3.8, 4) is 0 Å². The third kappa shape index (κ3) is 3.78. The summed E-state index contributed by atoms with van der Waals surface area (Å²) in [5.41, 5.74) is 4.03. The summed E-state index contributed by atoms with van der Waals surface area (Å²) in [6.45, 7) is 0. The van der Waals surface area contributed by atoms with Crippen LogP contribution in [0.1, 0.15) is 0 Å². The van der Waals surface area contributed by atoms with E-state index in [9.17, 15) is 0 Å². The van der Waals surface area contributed by atoms with Crippen molar-refractivity contribution < 1.29 is 0 Å². The Bertz CT molecular complexity index is 881. The highest BCUT2D eigenvalue weighted by Gasteiger charge is 2.10. The first kappa shape index (κ1) is 17.3. The molecule has 0 saturated carbocycles. The summed E-state index contributed by atoms with van der Waals surface area (Å²) in [6.07, 6.45) is 1.59. The second kappa shape index (κ2) is 7.58. The van der Waals surface area contributed by atoms with Crippen molar-refractivity contribution >= 4 is 45.7 Å². The van der Waals surface area contributed by atoms with E-state index in [2.05, 4.69) is 48.4 Å². The molecule has 0 unspecified atom stereocenters. The van der Waals surface area contributed by atoms with Crippen LogP contribution in [0.15, 0.2) is 47.6 Å². The molecule has 3 N–H and O–H groups in total. The van der Waals surface area contributed by atoms with E-state index in [-0.39, 0.29) is 0 Å². The molecule has 1 heterocycles. The standard InChI is InChI=1S/C18H22N6S/c1-19-12-5-7-14-15(9-12)21-11-22-18(14)23-16-10-13(25-20-2)6-8-17(16)24(3)4/h5-11,19-20H,1-4H3,(H,21,22,23). The molecule has 0 saturated heterocycles. The van der Waals surface area contributed by atoms with Crippen LogP contribution < -0.4 is 20.3 Å². The Morgan fingerprint density at radius 2 is 1.84 bits per heavy atom. The third-order valence-corrected chi connectivity index (χ3v) is 4.54. The number of hydrogen-bond donors (Lipinski definition) is 3. The van der Waals surface area contributed by atoms with Gasteiger partial charge in [-0.25, -0.2) is 9.97 Å². The van der Waals surface area contributed by atoms with Gasteiger partial charge in [-0.3, -0.25) is 4.72 Å². The van der Waals surface area contributed by atoms with Gasteiger partial charge < -0.3 is 15.5 Å². The SMILES string of the molecule is CNSc1ccc(N(C)C)c(Nc2ncnc3cc(NC)ccc23)c1. The second-order valence-electron chi connectivity index (χ2n) is 5.71. The predicted molar refractivity (Wildman–Crippen MR) is 108 cm³/mol. The van der Waals surface area contributed by atoms with Crippen molar-refractivity contribution in [3.05, 3.63) is 42.7 Å². The highest BCUT2D eigenvalue weighted by molar-refractivity contribution is 7.97. The van der Waals surface area contributed by atoms with Gasteiger partial charge in [0.15, 0.2) is 0 Å². The first-order valence-electron chi connectivity index (χ1n) is 7.97. The maximum atomic E-state index is 4.45. The van der Waals surface area contributed by atoms with Crippen LogP contribution in [0, 0.1) is 0 Å². The van der Waals surface area contributed by atoms with E-state index in [1.807, 2.05) is 46.4 Å². The molecular weight excluding hydrogens is 332 g/mol. The molecule has 0 atom stereocenters. The molecule has 0 fully saturated rings. The van der Waals surface area contributed by atoms with Crippen LogP contribution >= 0.6 is 11.9 Å². The molecule has 6 nitrogen and oxygen atoms in total. The molecule has 2 aromatic carbocycles. The normalized spacial score (nSPS) is 10.7. The van der Waals surface area contributed by atoms with E-state index in [1.165, 1.54) is 0 Å². The first-order chi connectivity index (χ1) is 12.1. The zero-order chi connectivity index (χ0) is 17.8. The summed E-state index contributed by atoms with van der Waals surface area (Å²) in [5, 5.41) is 7.60. The summed E-state index contributed by atoms with van der Waals surface area (Å²) in [7, 11) is 7.87. The van der Waals surface area contributed by atoms with E-state index < -0.39 is 0 Å². The Hall–Kier alpha value is -2.51. The van der Waals surface area contributed by atoms with E-state index in [0.717, 1.165) is 38.7 Å². The minimum atomic E-state index is 0.794. The lowest BCUT2D eigenvalue weighted by Gasteiger charge is -2.19. The van der Waals surface area contributed by atoms with E-state index in [4.69, 9.17) is 0 Å². The van der Waals surface area contributed by atoms with Crippen LogP contribution in [-0.4, -0.2) is 38.2 Å². The highest BCUT2D eigenvalue weighted by atomic mass is 32.2. The smallest absolute Gasteiger partial charge is 0.141 e. The molecule has 3 rings (SSSR count). The molecule has 0 aliphatic heterocycles. The van der Waals surface area contributed by atoms with Crippen molar-refractivity contribution in [2.45, 2.75) is 4.90 Å². The van der Waals surface area contributed by atoms with Crippen molar-refractivity contribution in [2.75, 3.05) is 43.7 Å². The summed E-state index contributed by atoms with van der Waals surface area (Å²) in [5.74, 6) is 0.794. The summed E-state index contributed by atoms with van der Waals surface area (Å²) >= 11 is 1.58. The van der Waals surface area contributed by atoms with Crippen LogP contribution in [0.4, 0.5) is 22.9 Å². The Morgan fingerprint density at radius 3 is 2.56 bits per heavy atom. The van der Waals surface area contributed by atoms with E-state index in [0.29, 0.717) is 0 Å². The minimum absolute atomic E-state index is 0.794. The number of nitrogens with one attached hydrogen (secondary N) is 3. The minimum Gasteiger partial charge on any atom is -0.388 e. The van der Waals surface area contributed by atoms with Crippen LogP contribution in [0.5, 0.6) is 0 Å². The fourth-order valence-corrected chi connectivity index (χ4v) is 3.17. The largest absolute Gasteiger partial charge is 0.388 e. The van der Waals surface area contributed by atoms with Crippen LogP contribution in [-0.2, 0) is 0 Å². The monoisotopic (exact) mass is 354 g/mol. The van der Waals surface area contributed by atoms with Gasteiger partial charge in [0.25, 0.3) is 0 Å². The zero-order valence-corrected chi connectivity index (χ0v) is 15.6. The average Bonchev–Trinajstić information content (AvgIpc) is 2.61. The summed E-state index contributed by atoms with van der Waals surface area (Å²) in [6, 6.07) is 12.4. The predicted octanol–water partition coefficient (Wildman–Crippen LogP) is 3.71. The Balaban J connectivity index is 2.04. The molecular formula is C18H22N6S. The number of hydrogen-bond acceptors (Lipinski definition) is 7. The molecule has 0 aliphatic rings. The number of benzene rings is 2. The quantitative estimate of drug-likeness (QED) is 0.583. The lowest BCUT2D eigenvalue weighted by molar-refractivity contribution is 1.12. The van der Waals surface area contributed by atoms with Gasteiger partial charge in [0.05, 0.1) is 16.9 Å². The fourth-order valence-electron chi connectivity index (χ4n) is 2.63. The molecule has 25 heavy (non-hydrogen) atoms. The van der Waals surface area contributed by atoms with E-state index in [1.54, 1.807) is 18.3 Å². The topological polar surface area (TPSA) is 65.1 Å². The Kier molecular flexibility index (Phi) is 5.25. The maximum absolute atomic E-state index is 4.45. The number of fused-ring (bicyclic) bond motifs is 1. The van der Waals surface area contributed by atoms with Crippen molar-refractivity contribution in [3.63, 3.8) is 0 Å². The molecule has 0 bridgehead atoms. The molecule has 1 aromatic heterocycles. The highest BCUT2D eigenvalue weighted by Crippen LogP contribution is 2.33. The Morgan fingerprint density at radius 1 is 1.00 bits per heavy atom. The van der Waals surface area contributed by atoms with Crippen LogP contribution in [0.25, 0.3) is 10.9 Å². The summed E-state index contributed by atoms with van der Waals surface area (Å²) in [4.78, 5) is 12.0. The number of rotatable bonds is 6. The average molecular weight is 354 g/mol. The second-order valence-corrected chi connectivity index (χ2v) is 6.79. The molecule has 0 radical (unpaired) electrons. The number of aromatic nitrogens is 2. The molecule has 130 valence electrons. The lowest BCUT2D eigenvalue weighted by Crippen LogP contribution is -2.11. The third-order valence-electron chi connectivity index (χ3n) is 3.85. The summed E-state index contributed by atoms with van der Waals surface area (Å²) < 4.78 is 3.11. The molecule has 0 aliphatic carbocycles. The van der Waals surface area contributed by atoms with Crippen molar-refractivity contribution in [1.29, 1.82) is 0 Å². The van der Waals surface area contributed by atoms with Gasteiger partial charge in [-0.05, 0) is 55.4 Å².